The second-order valence-corrected chi connectivity index (χ2v) is 8.35. The van der Waals surface area contributed by atoms with Crippen LogP contribution in [0.5, 0.6) is 0 Å². The summed E-state index contributed by atoms with van der Waals surface area (Å²) in [6.45, 7) is 1.35. The second-order valence-electron chi connectivity index (χ2n) is 7.95. The first-order valence-electron chi connectivity index (χ1n) is 10.6. The smallest absolute Gasteiger partial charge is 0.396 e. The summed E-state index contributed by atoms with van der Waals surface area (Å²) in [6, 6.07) is 7.22. The van der Waals surface area contributed by atoms with Gasteiger partial charge >= 0.3 is 6.18 Å². The third-order valence-electron chi connectivity index (χ3n) is 5.41. The molecular formula is C23H20ClF3N6O3. The SMILES string of the molecule is Cc1nn(-c2ccc(NC(=O)[C@H](O)c3cc(CCO)cc(C(F)(F)F)c3)cc2Cl)c2c(N)ncnc12. The van der Waals surface area contributed by atoms with E-state index in [1.165, 1.54) is 29.2 Å². The van der Waals surface area contributed by atoms with Crippen LogP contribution < -0.4 is 11.1 Å². The van der Waals surface area contributed by atoms with Crippen molar-refractivity contribution in [2.45, 2.75) is 25.6 Å². The van der Waals surface area contributed by atoms with Crippen molar-refractivity contribution in [1.29, 1.82) is 0 Å². The molecule has 0 fully saturated rings. The average molecular weight is 521 g/mol. The molecule has 4 rings (SSSR count). The van der Waals surface area contributed by atoms with Crippen molar-refractivity contribution in [3.8, 4) is 5.69 Å². The molecule has 188 valence electrons. The number of hydrogen-bond donors (Lipinski definition) is 4. The van der Waals surface area contributed by atoms with Crippen molar-refractivity contribution >= 4 is 40.0 Å². The monoisotopic (exact) mass is 520 g/mol. The second kappa shape index (κ2) is 9.72. The van der Waals surface area contributed by atoms with Crippen molar-refractivity contribution in [1.82, 2.24) is 19.7 Å². The number of fused-ring (bicyclic) bond motifs is 1. The van der Waals surface area contributed by atoms with Crippen molar-refractivity contribution in [3.05, 3.63) is 70.1 Å². The van der Waals surface area contributed by atoms with Crippen LogP contribution in [0.1, 0.15) is 28.5 Å². The third kappa shape index (κ3) is 4.96. The summed E-state index contributed by atoms with van der Waals surface area (Å²) < 4.78 is 41.3. The minimum Gasteiger partial charge on any atom is -0.396 e. The summed E-state index contributed by atoms with van der Waals surface area (Å²) in [6.07, 6.45) is -5.35. The predicted octanol–water partition coefficient (Wildman–Crippen LogP) is 3.59. The molecule has 2 heterocycles. The van der Waals surface area contributed by atoms with Gasteiger partial charge in [-0.3, -0.25) is 4.79 Å². The van der Waals surface area contributed by atoms with Crippen molar-refractivity contribution < 1.29 is 28.2 Å². The number of aryl methyl sites for hydroxylation is 1. The number of carbonyl (C=O) groups is 1. The number of nitrogen functional groups attached to an aromatic ring is 1. The van der Waals surface area contributed by atoms with Crippen molar-refractivity contribution in [3.63, 3.8) is 0 Å². The number of aliphatic hydroxyl groups is 2. The quantitative estimate of drug-likeness (QED) is 0.305. The van der Waals surface area contributed by atoms with E-state index < -0.39 is 30.4 Å². The molecule has 0 radical (unpaired) electrons. The van der Waals surface area contributed by atoms with Crippen LogP contribution in [0.25, 0.3) is 16.7 Å². The van der Waals surface area contributed by atoms with Gasteiger partial charge in [0.15, 0.2) is 11.9 Å². The van der Waals surface area contributed by atoms with Crippen LogP contribution in [0, 0.1) is 6.92 Å². The number of aromatic nitrogens is 4. The van der Waals surface area contributed by atoms with Gasteiger partial charge in [-0.1, -0.05) is 17.7 Å². The van der Waals surface area contributed by atoms with Gasteiger partial charge in [0.1, 0.15) is 17.4 Å². The number of hydrogen-bond acceptors (Lipinski definition) is 7. The first kappa shape index (κ1) is 25.4. The van der Waals surface area contributed by atoms with Crippen LogP contribution in [-0.2, 0) is 17.4 Å². The number of nitrogens with one attached hydrogen (secondary N) is 1. The number of nitrogens with two attached hydrogens (primary N) is 1. The Hall–Kier alpha value is -3.74. The Morgan fingerprint density at radius 3 is 2.64 bits per heavy atom. The highest BCUT2D eigenvalue weighted by Gasteiger charge is 2.32. The summed E-state index contributed by atoms with van der Waals surface area (Å²) >= 11 is 6.43. The van der Waals surface area contributed by atoms with Crippen molar-refractivity contribution in [2.75, 3.05) is 17.7 Å². The number of benzene rings is 2. The van der Waals surface area contributed by atoms with Gasteiger partial charge in [0.25, 0.3) is 5.91 Å². The van der Waals surface area contributed by atoms with E-state index in [9.17, 15) is 23.1 Å². The largest absolute Gasteiger partial charge is 0.416 e. The molecule has 0 unspecified atom stereocenters. The van der Waals surface area contributed by atoms with E-state index in [2.05, 4.69) is 20.4 Å². The normalized spacial score (nSPS) is 12.6. The lowest BCUT2D eigenvalue weighted by Gasteiger charge is -2.16. The number of amides is 1. The van der Waals surface area contributed by atoms with Crippen LogP contribution >= 0.6 is 11.6 Å². The summed E-state index contributed by atoms with van der Waals surface area (Å²) in [5, 5.41) is 26.6. The molecule has 0 saturated carbocycles. The molecule has 13 heteroatoms. The zero-order valence-corrected chi connectivity index (χ0v) is 19.5. The fourth-order valence-corrected chi connectivity index (χ4v) is 3.98. The molecule has 5 N–H and O–H groups in total. The summed E-state index contributed by atoms with van der Waals surface area (Å²) in [5.41, 5.74) is 7.01. The molecule has 36 heavy (non-hydrogen) atoms. The lowest BCUT2D eigenvalue weighted by molar-refractivity contribution is -0.138. The Morgan fingerprint density at radius 2 is 1.97 bits per heavy atom. The summed E-state index contributed by atoms with van der Waals surface area (Å²) in [7, 11) is 0. The summed E-state index contributed by atoms with van der Waals surface area (Å²) in [5.74, 6) is -0.773. The topological polar surface area (TPSA) is 139 Å². The standard InChI is InChI=1S/C23H20ClF3N6O3/c1-11-18-19(21(28)30-10-29-18)33(32-11)17-3-2-15(9-16(17)24)31-22(36)20(35)13-6-12(4-5-34)7-14(8-13)23(25,26)27/h2-3,6-10,20,34-35H,4-5H2,1H3,(H,31,36)(H2,28,29,30)/t20-/m1/s1. The van der Waals surface area contributed by atoms with E-state index in [0.29, 0.717) is 28.5 Å². The van der Waals surface area contributed by atoms with E-state index in [4.69, 9.17) is 22.4 Å². The van der Waals surface area contributed by atoms with Crippen LogP contribution in [0.4, 0.5) is 24.7 Å². The molecular weight excluding hydrogens is 501 g/mol. The van der Waals surface area contributed by atoms with E-state index in [1.807, 2.05) is 0 Å². The van der Waals surface area contributed by atoms with E-state index in [1.54, 1.807) is 13.0 Å². The van der Waals surface area contributed by atoms with Gasteiger partial charge < -0.3 is 21.3 Å². The highest BCUT2D eigenvalue weighted by Crippen LogP contribution is 2.33. The van der Waals surface area contributed by atoms with Crippen LogP contribution in [0.15, 0.2) is 42.7 Å². The van der Waals surface area contributed by atoms with Crippen LogP contribution in [-0.4, -0.2) is 42.5 Å². The highest BCUT2D eigenvalue weighted by atomic mass is 35.5. The molecule has 0 saturated heterocycles. The lowest BCUT2D eigenvalue weighted by Crippen LogP contribution is -2.21. The number of halogens is 4. The Balaban J connectivity index is 1.61. The van der Waals surface area contributed by atoms with Crippen molar-refractivity contribution in [2.24, 2.45) is 0 Å². The number of alkyl halides is 3. The predicted molar refractivity (Wildman–Crippen MR) is 127 cm³/mol. The van der Waals surface area contributed by atoms with Gasteiger partial charge in [-0.25, -0.2) is 14.6 Å². The van der Waals surface area contributed by atoms with E-state index >= 15 is 0 Å². The Bertz CT molecular complexity index is 1460. The maximum atomic E-state index is 13.3. The molecule has 0 bridgehead atoms. The van der Waals surface area contributed by atoms with E-state index in [0.717, 1.165) is 6.07 Å². The molecule has 2 aromatic carbocycles. The van der Waals surface area contributed by atoms with Crippen LogP contribution in [0.2, 0.25) is 5.02 Å². The molecule has 1 atom stereocenters. The molecule has 1 amide bonds. The Kier molecular flexibility index (Phi) is 6.85. The summed E-state index contributed by atoms with van der Waals surface area (Å²) in [4.78, 5) is 20.8. The maximum absolute atomic E-state index is 13.3. The van der Waals surface area contributed by atoms with Gasteiger partial charge in [-0.05, 0) is 54.8 Å². The first-order chi connectivity index (χ1) is 17.0. The van der Waals surface area contributed by atoms with E-state index in [-0.39, 0.29) is 34.1 Å². The minimum atomic E-state index is -4.69. The number of anilines is 2. The number of carbonyl (C=O) groups excluding carboxylic acids is 1. The number of aliphatic hydroxyl groups excluding tert-OH is 2. The van der Waals surface area contributed by atoms with Gasteiger partial charge in [0, 0.05) is 12.3 Å². The van der Waals surface area contributed by atoms with Gasteiger partial charge in [0.05, 0.1) is 22.0 Å². The molecule has 0 aliphatic carbocycles. The molecule has 2 aromatic heterocycles. The maximum Gasteiger partial charge on any atom is 0.416 e. The number of nitrogens with zero attached hydrogens (tertiary/aromatic N) is 4. The Morgan fingerprint density at radius 1 is 1.22 bits per heavy atom. The lowest BCUT2D eigenvalue weighted by atomic mass is 9.99. The molecule has 4 aromatic rings. The third-order valence-corrected chi connectivity index (χ3v) is 5.71. The fraction of sp³-hybridized carbons (Fsp3) is 0.217. The molecule has 0 spiro atoms. The van der Waals surface area contributed by atoms with Gasteiger partial charge in [-0.2, -0.15) is 18.3 Å². The fourth-order valence-electron chi connectivity index (χ4n) is 3.72. The van der Waals surface area contributed by atoms with Crippen LogP contribution in [0.3, 0.4) is 0 Å². The zero-order valence-electron chi connectivity index (χ0n) is 18.7. The Labute approximate surface area is 207 Å². The molecule has 0 aliphatic rings. The minimum absolute atomic E-state index is 0.0700. The average Bonchev–Trinajstić information content (AvgIpc) is 3.15. The number of rotatable bonds is 6. The zero-order chi connectivity index (χ0) is 26.2. The van der Waals surface area contributed by atoms with Gasteiger partial charge in [-0.15, -0.1) is 0 Å². The first-order valence-corrected chi connectivity index (χ1v) is 10.9. The van der Waals surface area contributed by atoms with Gasteiger partial charge in [0.2, 0.25) is 0 Å². The molecule has 0 aliphatic heterocycles. The highest BCUT2D eigenvalue weighted by molar-refractivity contribution is 6.32. The molecule has 9 nitrogen and oxygen atoms in total.